The van der Waals surface area contributed by atoms with Crippen LogP contribution in [0.1, 0.15) is 22.8 Å². The van der Waals surface area contributed by atoms with Crippen molar-refractivity contribution in [3.8, 4) is 17.2 Å². The summed E-state index contributed by atoms with van der Waals surface area (Å²) < 4.78 is 15.8. The molecule has 2 rings (SSSR count). The van der Waals surface area contributed by atoms with Crippen LogP contribution in [0, 0.1) is 0 Å². The maximum Gasteiger partial charge on any atom is 0.251 e. The zero-order valence-corrected chi connectivity index (χ0v) is 14.5. The fourth-order valence-corrected chi connectivity index (χ4v) is 2.54. The van der Waals surface area contributed by atoms with Crippen LogP contribution in [0.2, 0.25) is 0 Å². The highest BCUT2D eigenvalue weighted by molar-refractivity contribution is 5.95. The number of benzene rings is 2. The van der Waals surface area contributed by atoms with Gasteiger partial charge in [0.2, 0.25) is 5.75 Å². The van der Waals surface area contributed by atoms with Gasteiger partial charge in [0.15, 0.2) is 11.5 Å². The van der Waals surface area contributed by atoms with Gasteiger partial charge in [-0.2, -0.15) is 0 Å². The van der Waals surface area contributed by atoms with Gasteiger partial charge in [-0.25, -0.2) is 0 Å². The first-order valence-corrected chi connectivity index (χ1v) is 7.73. The van der Waals surface area contributed by atoms with Crippen molar-refractivity contribution in [2.45, 2.75) is 19.4 Å². The summed E-state index contributed by atoms with van der Waals surface area (Å²) in [4.78, 5) is 12.5. The first-order chi connectivity index (χ1) is 11.6. The van der Waals surface area contributed by atoms with E-state index in [1.807, 2.05) is 37.3 Å². The number of carbonyl (C=O) groups is 1. The summed E-state index contributed by atoms with van der Waals surface area (Å²) >= 11 is 0. The Bertz CT molecular complexity index is 660. The van der Waals surface area contributed by atoms with Crippen LogP contribution in [0.4, 0.5) is 0 Å². The summed E-state index contributed by atoms with van der Waals surface area (Å²) in [6.07, 6.45) is 0.761. The minimum atomic E-state index is -0.183. The Kier molecular flexibility index (Phi) is 6.07. The van der Waals surface area contributed by atoms with Gasteiger partial charge in [-0.3, -0.25) is 4.79 Å². The SMILES string of the molecule is COc1cc(C(=O)NC(C)Cc2ccccc2)cc(OC)c1OC. The van der Waals surface area contributed by atoms with Crippen molar-refractivity contribution in [1.29, 1.82) is 0 Å². The van der Waals surface area contributed by atoms with E-state index >= 15 is 0 Å². The van der Waals surface area contributed by atoms with E-state index in [1.54, 1.807) is 12.1 Å². The molecule has 2 aromatic carbocycles. The van der Waals surface area contributed by atoms with E-state index in [4.69, 9.17) is 14.2 Å². The molecular weight excluding hydrogens is 306 g/mol. The van der Waals surface area contributed by atoms with Crippen molar-refractivity contribution in [2.75, 3.05) is 21.3 Å². The first-order valence-electron chi connectivity index (χ1n) is 7.73. The van der Waals surface area contributed by atoms with E-state index in [0.29, 0.717) is 22.8 Å². The van der Waals surface area contributed by atoms with Crippen molar-refractivity contribution < 1.29 is 19.0 Å². The summed E-state index contributed by atoms with van der Waals surface area (Å²) in [7, 11) is 4.58. The maximum absolute atomic E-state index is 12.5. The predicted octanol–water partition coefficient (Wildman–Crippen LogP) is 3.07. The fraction of sp³-hybridized carbons (Fsp3) is 0.316. The average Bonchev–Trinajstić information content (AvgIpc) is 2.60. The maximum atomic E-state index is 12.5. The third kappa shape index (κ3) is 4.19. The number of nitrogens with one attached hydrogen (secondary N) is 1. The van der Waals surface area contributed by atoms with Crippen LogP contribution in [0.25, 0.3) is 0 Å². The zero-order chi connectivity index (χ0) is 17.5. The van der Waals surface area contributed by atoms with Gasteiger partial charge in [-0.1, -0.05) is 30.3 Å². The second-order valence-electron chi connectivity index (χ2n) is 5.48. The van der Waals surface area contributed by atoms with E-state index in [2.05, 4.69) is 5.32 Å². The summed E-state index contributed by atoms with van der Waals surface area (Å²) in [6, 6.07) is 13.3. The quantitative estimate of drug-likeness (QED) is 0.848. The number of amides is 1. The molecule has 0 aliphatic heterocycles. The third-order valence-electron chi connectivity index (χ3n) is 3.69. The van der Waals surface area contributed by atoms with E-state index < -0.39 is 0 Å². The Balaban J connectivity index is 2.14. The van der Waals surface area contributed by atoms with Crippen molar-refractivity contribution in [1.82, 2.24) is 5.32 Å². The Morgan fingerprint density at radius 2 is 1.58 bits per heavy atom. The molecule has 0 radical (unpaired) electrons. The lowest BCUT2D eigenvalue weighted by molar-refractivity contribution is 0.0939. The minimum Gasteiger partial charge on any atom is -0.493 e. The van der Waals surface area contributed by atoms with Crippen LogP contribution in [-0.4, -0.2) is 33.3 Å². The van der Waals surface area contributed by atoms with Gasteiger partial charge in [0.1, 0.15) is 0 Å². The molecule has 2 aromatic rings. The van der Waals surface area contributed by atoms with E-state index in [0.717, 1.165) is 6.42 Å². The van der Waals surface area contributed by atoms with Crippen molar-refractivity contribution >= 4 is 5.91 Å². The minimum absolute atomic E-state index is 0.000934. The van der Waals surface area contributed by atoms with Gasteiger partial charge in [0.05, 0.1) is 21.3 Å². The van der Waals surface area contributed by atoms with Crippen LogP contribution in [0.15, 0.2) is 42.5 Å². The highest BCUT2D eigenvalue weighted by Gasteiger charge is 2.18. The lowest BCUT2D eigenvalue weighted by Crippen LogP contribution is -2.34. The molecule has 1 atom stereocenters. The second kappa shape index (κ2) is 8.24. The monoisotopic (exact) mass is 329 g/mol. The number of ether oxygens (including phenoxy) is 3. The smallest absolute Gasteiger partial charge is 0.251 e. The normalized spacial score (nSPS) is 11.5. The molecule has 0 saturated heterocycles. The second-order valence-corrected chi connectivity index (χ2v) is 5.48. The summed E-state index contributed by atoms with van der Waals surface area (Å²) in [5, 5.41) is 2.99. The molecule has 0 aromatic heterocycles. The Labute approximate surface area is 142 Å². The highest BCUT2D eigenvalue weighted by atomic mass is 16.5. The molecule has 1 N–H and O–H groups in total. The number of rotatable bonds is 7. The number of methoxy groups -OCH3 is 3. The van der Waals surface area contributed by atoms with Gasteiger partial charge in [0.25, 0.3) is 5.91 Å². The molecule has 0 aliphatic rings. The van der Waals surface area contributed by atoms with Crippen molar-refractivity contribution in [3.63, 3.8) is 0 Å². The Morgan fingerprint density at radius 3 is 2.08 bits per heavy atom. The molecule has 0 fully saturated rings. The molecule has 0 spiro atoms. The number of hydrogen-bond acceptors (Lipinski definition) is 4. The molecular formula is C19H23NO4. The number of hydrogen-bond donors (Lipinski definition) is 1. The molecule has 24 heavy (non-hydrogen) atoms. The topological polar surface area (TPSA) is 56.8 Å². The molecule has 5 heteroatoms. The number of carbonyl (C=O) groups excluding carboxylic acids is 1. The highest BCUT2D eigenvalue weighted by Crippen LogP contribution is 2.38. The first kappa shape index (κ1) is 17.7. The summed E-state index contributed by atoms with van der Waals surface area (Å²) in [5.41, 5.74) is 1.64. The molecule has 0 bridgehead atoms. The van der Waals surface area contributed by atoms with Gasteiger partial charge < -0.3 is 19.5 Å². The summed E-state index contributed by atoms with van der Waals surface area (Å²) in [5.74, 6) is 1.20. The zero-order valence-electron chi connectivity index (χ0n) is 14.5. The average molecular weight is 329 g/mol. The lowest BCUT2D eigenvalue weighted by atomic mass is 10.1. The van der Waals surface area contributed by atoms with Crippen LogP contribution < -0.4 is 19.5 Å². The van der Waals surface area contributed by atoms with Crippen molar-refractivity contribution in [2.24, 2.45) is 0 Å². The Hall–Kier alpha value is -2.69. The third-order valence-corrected chi connectivity index (χ3v) is 3.69. The predicted molar refractivity (Wildman–Crippen MR) is 93.2 cm³/mol. The van der Waals surface area contributed by atoms with Gasteiger partial charge in [0, 0.05) is 11.6 Å². The van der Waals surface area contributed by atoms with Gasteiger partial charge >= 0.3 is 0 Å². The molecule has 0 saturated carbocycles. The van der Waals surface area contributed by atoms with Crippen LogP contribution in [-0.2, 0) is 6.42 Å². The standard InChI is InChI=1S/C19H23NO4/c1-13(10-14-8-6-5-7-9-14)20-19(21)15-11-16(22-2)18(24-4)17(12-15)23-3/h5-9,11-13H,10H2,1-4H3,(H,20,21). The Morgan fingerprint density at radius 1 is 1.00 bits per heavy atom. The van der Waals surface area contributed by atoms with Gasteiger partial charge in [-0.05, 0) is 31.0 Å². The van der Waals surface area contributed by atoms with E-state index in [-0.39, 0.29) is 11.9 Å². The fourth-order valence-electron chi connectivity index (χ4n) is 2.54. The van der Waals surface area contributed by atoms with Crippen molar-refractivity contribution in [3.05, 3.63) is 53.6 Å². The molecule has 128 valence electrons. The van der Waals surface area contributed by atoms with Crippen LogP contribution >= 0.6 is 0 Å². The molecule has 5 nitrogen and oxygen atoms in total. The van der Waals surface area contributed by atoms with Crippen LogP contribution in [0.3, 0.4) is 0 Å². The largest absolute Gasteiger partial charge is 0.493 e. The van der Waals surface area contributed by atoms with E-state index in [1.165, 1.54) is 26.9 Å². The summed E-state index contributed by atoms with van der Waals surface area (Å²) in [6.45, 7) is 1.98. The van der Waals surface area contributed by atoms with Crippen LogP contribution in [0.5, 0.6) is 17.2 Å². The molecule has 0 aliphatic carbocycles. The van der Waals surface area contributed by atoms with E-state index in [9.17, 15) is 4.79 Å². The molecule has 1 unspecified atom stereocenters. The lowest BCUT2D eigenvalue weighted by Gasteiger charge is -2.17. The molecule has 0 heterocycles. The van der Waals surface area contributed by atoms with Gasteiger partial charge in [-0.15, -0.1) is 0 Å². The molecule has 1 amide bonds.